The average Bonchev–Trinajstić information content (AvgIpc) is 2.16. The summed E-state index contributed by atoms with van der Waals surface area (Å²) in [7, 11) is 0. The molecule has 0 spiro atoms. The van der Waals surface area contributed by atoms with Crippen molar-refractivity contribution in [1.82, 2.24) is 5.32 Å². The predicted octanol–water partition coefficient (Wildman–Crippen LogP) is 1.23. The summed E-state index contributed by atoms with van der Waals surface area (Å²) in [6, 6.07) is 0.103. The summed E-state index contributed by atoms with van der Waals surface area (Å²) in [5.74, 6) is 0. The third-order valence-corrected chi connectivity index (χ3v) is 1.99. The summed E-state index contributed by atoms with van der Waals surface area (Å²) in [5, 5.41) is 11.2. The number of hydrogen-bond donors (Lipinski definition) is 2. The number of hydrogen-bond acceptors (Lipinski definition) is 2. The van der Waals surface area contributed by atoms with Crippen LogP contribution in [0.3, 0.4) is 0 Å². The van der Waals surface area contributed by atoms with Crippen LogP contribution < -0.4 is 5.32 Å². The van der Waals surface area contributed by atoms with Crippen LogP contribution in [0.2, 0.25) is 0 Å². The normalized spacial score (nSPS) is 12.1. The van der Waals surface area contributed by atoms with E-state index in [0.717, 1.165) is 32.1 Å². The van der Waals surface area contributed by atoms with Gasteiger partial charge in [-0.3, -0.25) is 4.79 Å². The van der Waals surface area contributed by atoms with Crippen LogP contribution in [0.4, 0.5) is 0 Å². The molecule has 0 fully saturated rings. The first-order valence-electron chi connectivity index (χ1n) is 4.78. The molecule has 0 unspecified atom stereocenters. The van der Waals surface area contributed by atoms with Crippen LogP contribution >= 0.6 is 0 Å². The molecule has 76 valence electrons. The molecule has 2 N–H and O–H groups in total. The summed E-state index contributed by atoms with van der Waals surface area (Å²) < 4.78 is 0. The number of aliphatic hydroxyl groups is 1. The topological polar surface area (TPSA) is 49.3 Å². The quantitative estimate of drug-likeness (QED) is 0.322. The number of nitrogens with one attached hydrogen (secondary N) is 1. The summed E-state index contributed by atoms with van der Waals surface area (Å²) in [6.45, 7) is 3.91. The zero-order valence-corrected chi connectivity index (χ0v) is 8.04. The van der Waals surface area contributed by atoms with Crippen molar-refractivity contribution >= 4 is 6.41 Å². The van der Waals surface area contributed by atoms with Crippen molar-refractivity contribution in [3.63, 3.8) is 0 Å². The van der Waals surface area contributed by atoms with Crippen LogP contribution in [0, 0.1) is 0 Å². The van der Waals surface area contributed by atoms with Crippen molar-refractivity contribution in [2.45, 2.75) is 38.1 Å². The molecule has 1 amide bonds. The smallest absolute Gasteiger partial charge is 0.207 e. The van der Waals surface area contributed by atoms with Gasteiger partial charge in [0.2, 0.25) is 6.41 Å². The zero-order chi connectivity index (χ0) is 9.94. The fraction of sp³-hybridized carbons (Fsp3) is 0.700. The van der Waals surface area contributed by atoms with Gasteiger partial charge in [0.25, 0.3) is 0 Å². The summed E-state index contributed by atoms with van der Waals surface area (Å²) >= 11 is 0. The molecule has 0 aliphatic heterocycles. The van der Waals surface area contributed by atoms with Crippen molar-refractivity contribution in [2.24, 2.45) is 0 Å². The maximum absolute atomic E-state index is 10.1. The van der Waals surface area contributed by atoms with E-state index in [4.69, 9.17) is 5.11 Å². The van der Waals surface area contributed by atoms with Gasteiger partial charge in [0.15, 0.2) is 0 Å². The fourth-order valence-electron chi connectivity index (χ4n) is 1.19. The van der Waals surface area contributed by atoms with E-state index in [1.54, 1.807) is 6.08 Å². The lowest BCUT2D eigenvalue weighted by molar-refractivity contribution is -0.109. The molecule has 0 saturated carbocycles. The molecule has 0 bridgehead atoms. The number of carbonyl (C=O) groups is 1. The van der Waals surface area contributed by atoms with Crippen LogP contribution in [-0.4, -0.2) is 24.2 Å². The van der Waals surface area contributed by atoms with Gasteiger partial charge in [-0.15, -0.1) is 6.58 Å². The molecule has 0 aliphatic rings. The standard InChI is InChI=1S/C10H19NO2/c1-2-10(11-9-13)7-5-3-4-6-8-12/h2,9-10,12H,1,3-8H2,(H,11,13)/t10-/m1/s1. The van der Waals surface area contributed by atoms with Crippen molar-refractivity contribution in [1.29, 1.82) is 0 Å². The van der Waals surface area contributed by atoms with Crippen LogP contribution in [0.25, 0.3) is 0 Å². The molecule has 0 aromatic carbocycles. The maximum Gasteiger partial charge on any atom is 0.207 e. The Morgan fingerprint density at radius 1 is 1.31 bits per heavy atom. The first-order valence-corrected chi connectivity index (χ1v) is 4.78. The summed E-state index contributed by atoms with van der Waals surface area (Å²) in [4.78, 5) is 10.1. The second kappa shape index (κ2) is 9.26. The summed E-state index contributed by atoms with van der Waals surface area (Å²) in [6.07, 6.45) is 7.50. The lowest BCUT2D eigenvalue weighted by Crippen LogP contribution is -2.24. The SMILES string of the molecule is C=C[C@H](CCCCCCO)NC=O. The van der Waals surface area contributed by atoms with E-state index in [0.29, 0.717) is 6.41 Å². The first kappa shape index (κ1) is 12.2. The highest BCUT2D eigenvalue weighted by Gasteiger charge is 2.00. The van der Waals surface area contributed by atoms with Crippen molar-refractivity contribution in [2.75, 3.05) is 6.61 Å². The lowest BCUT2D eigenvalue weighted by Gasteiger charge is -2.09. The van der Waals surface area contributed by atoms with Crippen LogP contribution in [0.1, 0.15) is 32.1 Å². The Morgan fingerprint density at radius 3 is 2.54 bits per heavy atom. The van der Waals surface area contributed by atoms with Gasteiger partial charge in [-0.05, 0) is 12.8 Å². The monoisotopic (exact) mass is 185 g/mol. The Labute approximate surface area is 79.8 Å². The van der Waals surface area contributed by atoms with Crippen molar-refractivity contribution < 1.29 is 9.90 Å². The maximum atomic E-state index is 10.1. The van der Waals surface area contributed by atoms with E-state index in [-0.39, 0.29) is 12.6 Å². The van der Waals surface area contributed by atoms with Gasteiger partial charge in [0.05, 0.1) is 0 Å². The number of amides is 1. The number of carbonyl (C=O) groups excluding carboxylic acids is 1. The minimum Gasteiger partial charge on any atom is -0.396 e. The molecule has 0 aromatic heterocycles. The lowest BCUT2D eigenvalue weighted by atomic mass is 10.1. The molecule has 1 atom stereocenters. The van der Waals surface area contributed by atoms with Gasteiger partial charge in [0, 0.05) is 12.6 Å². The number of rotatable bonds is 9. The average molecular weight is 185 g/mol. The molecule has 0 saturated heterocycles. The summed E-state index contributed by atoms with van der Waals surface area (Å²) in [5.41, 5.74) is 0. The van der Waals surface area contributed by atoms with Gasteiger partial charge >= 0.3 is 0 Å². The minimum atomic E-state index is 0.103. The van der Waals surface area contributed by atoms with E-state index < -0.39 is 0 Å². The van der Waals surface area contributed by atoms with Crippen molar-refractivity contribution in [3.05, 3.63) is 12.7 Å². The van der Waals surface area contributed by atoms with E-state index >= 15 is 0 Å². The van der Waals surface area contributed by atoms with E-state index in [2.05, 4.69) is 11.9 Å². The third kappa shape index (κ3) is 7.53. The molecular weight excluding hydrogens is 166 g/mol. The second-order valence-electron chi connectivity index (χ2n) is 3.05. The molecular formula is C10H19NO2. The van der Waals surface area contributed by atoms with E-state index in [9.17, 15) is 4.79 Å². The Hall–Kier alpha value is -0.830. The molecule has 0 heterocycles. The highest BCUT2D eigenvalue weighted by Crippen LogP contribution is 2.05. The molecule has 3 heteroatoms. The number of unbranched alkanes of at least 4 members (excludes halogenated alkanes) is 3. The van der Waals surface area contributed by atoms with E-state index in [1.165, 1.54) is 0 Å². The van der Waals surface area contributed by atoms with Gasteiger partial charge in [0.1, 0.15) is 0 Å². The Kier molecular flexibility index (Phi) is 8.67. The Morgan fingerprint density at radius 2 is 2.00 bits per heavy atom. The molecule has 3 nitrogen and oxygen atoms in total. The van der Waals surface area contributed by atoms with Crippen molar-refractivity contribution in [3.8, 4) is 0 Å². The van der Waals surface area contributed by atoms with E-state index in [1.807, 2.05) is 0 Å². The predicted molar refractivity (Wildman–Crippen MR) is 53.4 cm³/mol. The molecule has 13 heavy (non-hydrogen) atoms. The Balaban J connectivity index is 3.27. The van der Waals surface area contributed by atoms with Gasteiger partial charge in [-0.25, -0.2) is 0 Å². The fourth-order valence-corrected chi connectivity index (χ4v) is 1.19. The highest BCUT2D eigenvalue weighted by molar-refractivity contribution is 5.47. The van der Waals surface area contributed by atoms with Crippen LogP contribution in [0.5, 0.6) is 0 Å². The first-order chi connectivity index (χ1) is 6.35. The van der Waals surface area contributed by atoms with Gasteiger partial charge in [-0.1, -0.05) is 25.3 Å². The highest BCUT2D eigenvalue weighted by atomic mass is 16.2. The Bertz CT molecular complexity index is 137. The third-order valence-electron chi connectivity index (χ3n) is 1.99. The number of aliphatic hydroxyl groups excluding tert-OH is 1. The molecule has 0 aliphatic carbocycles. The largest absolute Gasteiger partial charge is 0.396 e. The second-order valence-corrected chi connectivity index (χ2v) is 3.05. The zero-order valence-electron chi connectivity index (χ0n) is 8.04. The molecule has 0 rings (SSSR count). The minimum absolute atomic E-state index is 0.103. The molecule has 0 aromatic rings. The van der Waals surface area contributed by atoms with Crippen LogP contribution in [-0.2, 0) is 4.79 Å². The molecule has 0 radical (unpaired) electrons. The van der Waals surface area contributed by atoms with Gasteiger partial charge < -0.3 is 10.4 Å². The van der Waals surface area contributed by atoms with Crippen LogP contribution in [0.15, 0.2) is 12.7 Å². The van der Waals surface area contributed by atoms with Gasteiger partial charge in [-0.2, -0.15) is 0 Å².